The van der Waals surface area contributed by atoms with Gasteiger partial charge in [0, 0.05) is 10.7 Å². The van der Waals surface area contributed by atoms with Crippen molar-refractivity contribution in [2.75, 3.05) is 10.0 Å². The van der Waals surface area contributed by atoms with E-state index in [0.717, 1.165) is 30.3 Å². The lowest BCUT2D eigenvalue weighted by Crippen LogP contribution is -2.15. The van der Waals surface area contributed by atoms with Gasteiger partial charge in [0.15, 0.2) is 0 Å². The molecule has 0 atom stereocenters. The van der Waals surface area contributed by atoms with Gasteiger partial charge < -0.3 is 5.32 Å². The van der Waals surface area contributed by atoms with Crippen molar-refractivity contribution in [3.8, 4) is 0 Å². The molecule has 5 nitrogen and oxygen atoms in total. The Morgan fingerprint density at radius 3 is 2.21 bits per heavy atom. The van der Waals surface area contributed by atoms with Crippen LogP contribution in [0.25, 0.3) is 0 Å². The van der Waals surface area contributed by atoms with Crippen LogP contribution < -0.4 is 10.0 Å². The van der Waals surface area contributed by atoms with Crippen LogP contribution in [0.3, 0.4) is 0 Å². The molecule has 0 saturated heterocycles. The number of carbonyl (C=O) groups is 1. The highest BCUT2D eigenvalue weighted by Crippen LogP contribution is 2.25. The van der Waals surface area contributed by atoms with E-state index in [2.05, 4.69) is 10.0 Å². The predicted octanol–water partition coefficient (Wildman–Crippen LogP) is 5.32. The van der Waals surface area contributed by atoms with Crippen molar-refractivity contribution in [3.63, 3.8) is 0 Å². The highest BCUT2D eigenvalue weighted by atomic mass is 35.5. The van der Waals surface area contributed by atoms with Gasteiger partial charge in [-0.1, -0.05) is 23.2 Å². The third-order valence-corrected chi connectivity index (χ3v) is 5.70. The van der Waals surface area contributed by atoms with E-state index in [1.165, 1.54) is 30.3 Å². The first kappa shape index (κ1) is 21.0. The van der Waals surface area contributed by atoms with Gasteiger partial charge in [-0.2, -0.15) is 0 Å². The zero-order valence-corrected chi connectivity index (χ0v) is 16.7. The molecular formula is C19H12Cl2F2N2O3S. The van der Waals surface area contributed by atoms with E-state index in [-0.39, 0.29) is 26.9 Å². The van der Waals surface area contributed by atoms with Crippen LogP contribution in [-0.4, -0.2) is 14.3 Å². The number of hydrogen-bond donors (Lipinski definition) is 2. The Morgan fingerprint density at radius 1 is 0.897 bits per heavy atom. The van der Waals surface area contributed by atoms with Crippen molar-refractivity contribution in [1.82, 2.24) is 0 Å². The second kappa shape index (κ2) is 8.36. The number of hydrogen-bond acceptors (Lipinski definition) is 3. The number of benzene rings is 3. The molecule has 0 saturated carbocycles. The van der Waals surface area contributed by atoms with Crippen LogP contribution in [0.15, 0.2) is 65.6 Å². The molecule has 3 rings (SSSR count). The lowest BCUT2D eigenvalue weighted by atomic mass is 10.2. The van der Waals surface area contributed by atoms with Gasteiger partial charge in [0.1, 0.15) is 11.6 Å². The molecule has 3 aromatic carbocycles. The van der Waals surface area contributed by atoms with Crippen LogP contribution in [0.2, 0.25) is 10.0 Å². The summed E-state index contributed by atoms with van der Waals surface area (Å²) >= 11 is 11.7. The maximum atomic E-state index is 14.4. The molecule has 0 radical (unpaired) electrons. The van der Waals surface area contributed by atoms with Crippen LogP contribution in [0.1, 0.15) is 10.4 Å². The molecule has 0 aliphatic heterocycles. The summed E-state index contributed by atoms with van der Waals surface area (Å²) < 4.78 is 54.3. The molecule has 0 aliphatic rings. The summed E-state index contributed by atoms with van der Waals surface area (Å²) in [6.45, 7) is 0. The normalized spacial score (nSPS) is 11.2. The molecule has 0 unspecified atom stereocenters. The van der Waals surface area contributed by atoms with Gasteiger partial charge in [-0.05, 0) is 60.7 Å². The topological polar surface area (TPSA) is 75.3 Å². The van der Waals surface area contributed by atoms with Crippen LogP contribution in [0, 0.1) is 11.6 Å². The third-order valence-electron chi connectivity index (χ3n) is 3.77. The lowest BCUT2D eigenvalue weighted by Gasteiger charge is -2.11. The lowest BCUT2D eigenvalue weighted by molar-refractivity contribution is 0.102. The minimum absolute atomic E-state index is 0.0742. The van der Waals surface area contributed by atoms with Crippen molar-refractivity contribution in [3.05, 3.63) is 87.9 Å². The van der Waals surface area contributed by atoms with Gasteiger partial charge >= 0.3 is 0 Å². The zero-order valence-electron chi connectivity index (χ0n) is 14.4. The van der Waals surface area contributed by atoms with E-state index >= 15 is 0 Å². The molecule has 0 bridgehead atoms. The molecule has 0 aliphatic carbocycles. The maximum Gasteiger partial charge on any atom is 0.261 e. The van der Waals surface area contributed by atoms with Gasteiger partial charge in [0.2, 0.25) is 0 Å². The molecule has 0 aromatic heterocycles. The molecule has 2 N–H and O–H groups in total. The van der Waals surface area contributed by atoms with Gasteiger partial charge in [-0.25, -0.2) is 17.2 Å². The number of rotatable bonds is 5. The fourth-order valence-electron chi connectivity index (χ4n) is 2.36. The SMILES string of the molecule is O=C(Nc1ccc(S(=O)(=O)Nc2ccc(F)cc2)cc1F)c1ccc(Cl)cc1Cl. The van der Waals surface area contributed by atoms with E-state index < -0.39 is 27.6 Å². The third kappa shape index (κ3) is 5.03. The van der Waals surface area contributed by atoms with Crippen molar-refractivity contribution < 1.29 is 22.0 Å². The second-order valence-corrected chi connectivity index (χ2v) is 8.36. The largest absolute Gasteiger partial charge is 0.319 e. The van der Waals surface area contributed by atoms with Gasteiger partial charge in [0.05, 0.1) is 21.2 Å². The molecule has 150 valence electrons. The average Bonchev–Trinajstić information content (AvgIpc) is 2.65. The second-order valence-electron chi connectivity index (χ2n) is 5.83. The molecule has 29 heavy (non-hydrogen) atoms. The minimum Gasteiger partial charge on any atom is -0.319 e. The summed E-state index contributed by atoms with van der Waals surface area (Å²) in [5, 5.41) is 2.74. The summed E-state index contributed by atoms with van der Waals surface area (Å²) in [7, 11) is -4.12. The van der Waals surface area contributed by atoms with Crippen molar-refractivity contribution >= 4 is 50.5 Å². The minimum atomic E-state index is -4.12. The number of nitrogens with one attached hydrogen (secondary N) is 2. The van der Waals surface area contributed by atoms with Gasteiger partial charge in [0.25, 0.3) is 15.9 Å². The number of carbonyl (C=O) groups excluding carboxylic acids is 1. The Balaban J connectivity index is 1.80. The molecule has 0 heterocycles. The molecule has 3 aromatic rings. The fraction of sp³-hybridized carbons (Fsp3) is 0. The standard InChI is InChI=1S/C19H12Cl2F2N2O3S/c20-11-1-7-15(16(21)9-11)19(26)24-18-8-6-14(10-17(18)23)29(27,28)25-13-4-2-12(22)3-5-13/h1-10,25H,(H,24,26). The number of halogens is 4. The highest BCUT2D eigenvalue weighted by molar-refractivity contribution is 7.92. The van der Waals surface area contributed by atoms with E-state index in [4.69, 9.17) is 23.2 Å². The Morgan fingerprint density at radius 2 is 1.59 bits per heavy atom. The monoisotopic (exact) mass is 456 g/mol. The van der Waals surface area contributed by atoms with Gasteiger partial charge in [-0.3, -0.25) is 9.52 Å². The van der Waals surface area contributed by atoms with Crippen molar-refractivity contribution in [1.29, 1.82) is 0 Å². The quantitative estimate of drug-likeness (QED) is 0.544. The Labute approximate surface area is 175 Å². The Kier molecular flexibility index (Phi) is 6.07. The first-order valence-corrected chi connectivity index (χ1v) is 10.2. The van der Waals surface area contributed by atoms with Crippen LogP contribution in [-0.2, 0) is 10.0 Å². The van der Waals surface area contributed by atoms with E-state index in [1.807, 2.05) is 0 Å². The summed E-state index contributed by atoms with van der Waals surface area (Å²) in [5.74, 6) is -2.18. The molecule has 0 fully saturated rings. The highest BCUT2D eigenvalue weighted by Gasteiger charge is 2.18. The van der Waals surface area contributed by atoms with E-state index in [0.29, 0.717) is 5.02 Å². The Bertz CT molecular complexity index is 1190. The number of amides is 1. The van der Waals surface area contributed by atoms with E-state index in [9.17, 15) is 22.0 Å². The first-order chi connectivity index (χ1) is 13.7. The van der Waals surface area contributed by atoms with E-state index in [1.54, 1.807) is 0 Å². The maximum absolute atomic E-state index is 14.4. The fourth-order valence-corrected chi connectivity index (χ4v) is 3.92. The average molecular weight is 457 g/mol. The summed E-state index contributed by atoms with van der Waals surface area (Å²) in [4.78, 5) is 11.9. The van der Waals surface area contributed by atoms with Crippen LogP contribution >= 0.6 is 23.2 Å². The molecular weight excluding hydrogens is 445 g/mol. The molecule has 1 amide bonds. The number of sulfonamides is 1. The first-order valence-electron chi connectivity index (χ1n) is 8.00. The molecule has 0 spiro atoms. The van der Waals surface area contributed by atoms with Crippen molar-refractivity contribution in [2.45, 2.75) is 4.90 Å². The summed E-state index contributed by atoms with van der Waals surface area (Å²) in [5.41, 5.74) is -0.0477. The van der Waals surface area contributed by atoms with Gasteiger partial charge in [-0.15, -0.1) is 0 Å². The predicted molar refractivity (Wildman–Crippen MR) is 108 cm³/mol. The summed E-state index contributed by atoms with van der Waals surface area (Å²) in [6.07, 6.45) is 0. The Hall–Kier alpha value is -2.68. The smallest absolute Gasteiger partial charge is 0.261 e. The molecule has 10 heteroatoms. The number of anilines is 2. The zero-order chi connectivity index (χ0) is 21.2. The summed E-state index contributed by atoms with van der Waals surface area (Å²) in [6, 6.07) is 11.8. The van der Waals surface area contributed by atoms with Crippen LogP contribution in [0.5, 0.6) is 0 Å². The van der Waals surface area contributed by atoms with Crippen molar-refractivity contribution in [2.24, 2.45) is 0 Å². The van der Waals surface area contributed by atoms with Crippen LogP contribution in [0.4, 0.5) is 20.2 Å².